The van der Waals surface area contributed by atoms with Gasteiger partial charge in [-0.3, -0.25) is 0 Å². The molecule has 1 aromatic rings. The van der Waals surface area contributed by atoms with E-state index in [1.807, 2.05) is 26.0 Å². The van der Waals surface area contributed by atoms with Gasteiger partial charge in [-0.25, -0.2) is 0 Å². The van der Waals surface area contributed by atoms with Crippen LogP contribution in [0.4, 0.5) is 0 Å². The number of phenolic OH excluding ortho intramolecular Hbond substituents is 1. The zero-order valence-corrected chi connectivity index (χ0v) is 7.91. The lowest BCUT2D eigenvalue weighted by Gasteiger charge is -2.28. The molecular weight excluding hydrogens is 164 g/mol. The first-order chi connectivity index (χ1) is 6.11. The summed E-state index contributed by atoms with van der Waals surface area (Å²) in [6.07, 6.45) is 0.232. The molecule has 0 saturated carbocycles. The van der Waals surface area contributed by atoms with Crippen LogP contribution in [0.2, 0.25) is 0 Å². The normalized spacial score (nSPS) is 19.8. The van der Waals surface area contributed by atoms with Crippen molar-refractivity contribution in [3.05, 3.63) is 28.8 Å². The Bertz CT molecular complexity index is 342. The second-order valence-electron chi connectivity index (χ2n) is 3.95. The maximum Gasteiger partial charge on any atom is 0.125 e. The minimum Gasteiger partial charge on any atom is -0.507 e. The third-order valence-electron chi connectivity index (χ3n) is 2.71. The highest BCUT2D eigenvalue weighted by atomic mass is 16.3. The van der Waals surface area contributed by atoms with Crippen molar-refractivity contribution in [2.45, 2.75) is 32.3 Å². The molecule has 2 rings (SSSR count). The van der Waals surface area contributed by atoms with Gasteiger partial charge in [0.1, 0.15) is 5.75 Å². The lowest BCUT2D eigenvalue weighted by Crippen LogP contribution is -2.17. The minimum atomic E-state index is -0.450. The van der Waals surface area contributed by atoms with E-state index in [1.54, 1.807) is 0 Å². The van der Waals surface area contributed by atoms with Gasteiger partial charge in [-0.1, -0.05) is 26.0 Å². The lowest BCUT2D eigenvalue weighted by atomic mass is 9.82. The number of rotatable bonds is 1. The van der Waals surface area contributed by atoms with Gasteiger partial charge in [0.15, 0.2) is 0 Å². The van der Waals surface area contributed by atoms with Gasteiger partial charge in [0.05, 0.1) is 6.10 Å². The quantitative estimate of drug-likeness (QED) is 0.691. The Morgan fingerprint density at radius 2 is 2.08 bits per heavy atom. The molecule has 1 atom stereocenters. The second-order valence-corrected chi connectivity index (χ2v) is 3.95. The molecule has 0 radical (unpaired) electrons. The van der Waals surface area contributed by atoms with Gasteiger partial charge < -0.3 is 10.2 Å². The average molecular weight is 178 g/mol. The Morgan fingerprint density at radius 3 is 2.62 bits per heavy atom. The van der Waals surface area contributed by atoms with Crippen molar-refractivity contribution in [3.63, 3.8) is 0 Å². The molecule has 0 aliphatic heterocycles. The number of aromatic hydroxyl groups is 1. The molecular formula is C11H14O2. The molecule has 2 N–H and O–H groups in total. The molecule has 2 nitrogen and oxygen atoms in total. The van der Waals surface area contributed by atoms with E-state index in [2.05, 4.69) is 0 Å². The molecule has 0 bridgehead atoms. The van der Waals surface area contributed by atoms with E-state index >= 15 is 0 Å². The van der Waals surface area contributed by atoms with E-state index < -0.39 is 6.10 Å². The molecule has 1 aromatic carbocycles. The van der Waals surface area contributed by atoms with Crippen LogP contribution < -0.4 is 0 Å². The monoisotopic (exact) mass is 178 g/mol. The summed E-state index contributed by atoms with van der Waals surface area (Å²) in [4.78, 5) is 0. The van der Waals surface area contributed by atoms with Crippen molar-refractivity contribution < 1.29 is 10.2 Å². The fourth-order valence-electron chi connectivity index (χ4n) is 1.86. The van der Waals surface area contributed by atoms with E-state index in [0.717, 1.165) is 16.7 Å². The molecule has 1 aliphatic carbocycles. The van der Waals surface area contributed by atoms with Gasteiger partial charge in [0, 0.05) is 12.0 Å². The molecule has 70 valence electrons. The summed E-state index contributed by atoms with van der Waals surface area (Å²) in [7, 11) is 0. The summed E-state index contributed by atoms with van der Waals surface area (Å²) >= 11 is 0. The predicted molar refractivity (Wildman–Crippen MR) is 50.9 cm³/mol. The lowest BCUT2D eigenvalue weighted by molar-refractivity contribution is 0.149. The number of hydrogen-bond acceptors (Lipinski definition) is 2. The summed E-state index contributed by atoms with van der Waals surface area (Å²) in [6, 6.07) is 3.95. The summed E-state index contributed by atoms with van der Waals surface area (Å²) in [5.41, 5.74) is 2.75. The molecule has 0 fully saturated rings. The van der Waals surface area contributed by atoms with Crippen LogP contribution in [0.3, 0.4) is 0 Å². The Balaban J connectivity index is 2.52. The van der Waals surface area contributed by atoms with Crippen molar-refractivity contribution >= 4 is 0 Å². The van der Waals surface area contributed by atoms with Gasteiger partial charge in [-0.15, -0.1) is 0 Å². The van der Waals surface area contributed by atoms with Gasteiger partial charge in [0.25, 0.3) is 0 Å². The first-order valence-electron chi connectivity index (χ1n) is 4.64. The Morgan fingerprint density at radius 1 is 1.38 bits per heavy atom. The van der Waals surface area contributed by atoms with Gasteiger partial charge >= 0.3 is 0 Å². The molecule has 0 amide bonds. The fraction of sp³-hybridized carbons (Fsp3) is 0.455. The van der Waals surface area contributed by atoms with E-state index in [1.165, 1.54) is 0 Å². The Labute approximate surface area is 77.8 Å². The van der Waals surface area contributed by atoms with Crippen molar-refractivity contribution in [2.24, 2.45) is 0 Å². The van der Waals surface area contributed by atoms with Crippen molar-refractivity contribution in [1.29, 1.82) is 0 Å². The van der Waals surface area contributed by atoms with Crippen LogP contribution in [0.15, 0.2) is 12.1 Å². The van der Waals surface area contributed by atoms with E-state index in [4.69, 9.17) is 0 Å². The van der Waals surface area contributed by atoms with Gasteiger partial charge in [-0.2, -0.15) is 0 Å². The largest absolute Gasteiger partial charge is 0.507 e. The van der Waals surface area contributed by atoms with Crippen LogP contribution in [0.25, 0.3) is 0 Å². The van der Waals surface area contributed by atoms with Crippen LogP contribution in [0.5, 0.6) is 5.75 Å². The zero-order chi connectivity index (χ0) is 9.59. The van der Waals surface area contributed by atoms with Crippen LogP contribution in [0.1, 0.15) is 42.6 Å². The molecule has 0 aromatic heterocycles. The van der Waals surface area contributed by atoms with E-state index in [-0.39, 0.29) is 0 Å². The van der Waals surface area contributed by atoms with Crippen molar-refractivity contribution in [2.75, 3.05) is 0 Å². The van der Waals surface area contributed by atoms with Crippen molar-refractivity contribution in [1.82, 2.24) is 0 Å². The van der Waals surface area contributed by atoms with Gasteiger partial charge in [0.2, 0.25) is 0 Å². The summed E-state index contributed by atoms with van der Waals surface area (Å²) in [5, 5.41) is 19.2. The predicted octanol–water partition coefficient (Wildman–Crippen LogP) is 2.11. The van der Waals surface area contributed by atoms with Crippen LogP contribution in [0, 0.1) is 0 Å². The molecule has 13 heavy (non-hydrogen) atoms. The summed E-state index contributed by atoms with van der Waals surface area (Å²) in [5.74, 6) is 0.601. The molecule has 2 heteroatoms. The molecule has 0 saturated heterocycles. The van der Waals surface area contributed by atoms with Crippen LogP contribution in [-0.4, -0.2) is 10.2 Å². The molecule has 0 spiro atoms. The van der Waals surface area contributed by atoms with Gasteiger partial charge in [-0.05, 0) is 17.0 Å². The highest BCUT2D eigenvalue weighted by molar-refractivity contribution is 5.53. The number of aliphatic hydroxyl groups excluding tert-OH is 1. The number of fused-ring (bicyclic) bond motifs is 1. The third kappa shape index (κ3) is 1.13. The van der Waals surface area contributed by atoms with Crippen molar-refractivity contribution in [3.8, 4) is 5.75 Å². The highest BCUT2D eigenvalue weighted by Crippen LogP contribution is 2.43. The van der Waals surface area contributed by atoms with E-state index in [9.17, 15) is 10.2 Å². The zero-order valence-electron chi connectivity index (χ0n) is 7.91. The molecule has 1 unspecified atom stereocenters. The second kappa shape index (κ2) is 2.74. The van der Waals surface area contributed by atoms with Crippen LogP contribution >= 0.6 is 0 Å². The SMILES string of the molecule is CC(C)c1ccc2c(c1O)C(O)C2. The molecule has 0 heterocycles. The topological polar surface area (TPSA) is 40.5 Å². The average Bonchev–Trinajstić information content (AvgIpc) is 2.01. The number of phenols is 1. The highest BCUT2D eigenvalue weighted by Gasteiger charge is 2.29. The third-order valence-corrected chi connectivity index (χ3v) is 2.71. The van der Waals surface area contributed by atoms with E-state index in [0.29, 0.717) is 18.1 Å². The maximum atomic E-state index is 9.81. The Kier molecular flexibility index (Phi) is 1.81. The molecule has 1 aliphatic rings. The minimum absolute atomic E-state index is 0.297. The summed E-state index contributed by atoms with van der Waals surface area (Å²) in [6.45, 7) is 4.07. The number of benzene rings is 1. The Hall–Kier alpha value is -1.02. The number of aliphatic hydroxyl groups is 1. The number of hydrogen-bond donors (Lipinski definition) is 2. The fourth-order valence-corrected chi connectivity index (χ4v) is 1.86. The first kappa shape index (κ1) is 8.57. The van der Waals surface area contributed by atoms with Crippen LogP contribution in [-0.2, 0) is 6.42 Å². The summed E-state index contributed by atoms with van der Waals surface area (Å²) < 4.78 is 0. The standard InChI is InChI=1S/C11H14O2/c1-6(2)8-4-3-7-5-9(12)10(7)11(8)13/h3-4,6,9,12-13H,5H2,1-2H3. The smallest absolute Gasteiger partial charge is 0.125 e. The maximum absolute atomic E-state index is 9.81. The first-order valence-corrected chi connectivity index (χ1v) is 4.64.